The van der Waals surface area contributed by atoms with Gasteiger partial charge in [-0.05, 0) is 31.0 Å². The molecule has 0 aromatic heterocycles. The van der Waals surface area contributed by atoms with Gasteiger partial charge in [0.25, 0.3) is 5.91 Å². The fraction of sp³-hybridized carbons (Fsp3) is 0.278. The number of benzene rings is 2. The van der Waals surface area contributed by atoms with E-state index in [4.69, 9.17) is 4.74 Å². The minimum Gasteiger partial charge on any atom is -0.504 e. The average Bonchev–Trinajstić information content (AvgIpc) is 3.40. The van der Waals surface area contributed by atoms with Gasteiger partial charge in [-0.1, -0.05) is 24.3 Å². The Bertz CT molecular complexity index is 771. The summed E-state index contributed by atoms with van der Waals surface area (Å²) in [5.41, 5.74) is 2.12. The normalized spacial score (nSPS) is 20.0. The molecule has 1 fully saturated rings. The van der Waals surface area contributed by atoms with Crippen LogP contribution in [0.25, 0.3) is 0 Å². The highest BCUT2D eigenvalue weighted by Gasteiger charge is 2.42. The summed E-state index contributed by atoms with van der Waals surface area (Å²) in [6.45, 7) is 0. The van der Waals surface area contributed by atoms with Gasteiger partial charge in [-0.3, -0.25) is 4.79 Å². The number of hydrogen-bond donors (Lipinski definition) is 2. The quantitative estimate of drug-likeness (QED) is 0.914. The van der Waals surface area contributed by atoms with Crippen LogP contribution in [0.15, 0.2) is 42.5 Å². The fourth-order valence-corrected chi connectivity index (χ4v) is 3.15. The van der Waals surface area contributed by atoms with E-state index in [1.165, 1.54) is 7.11 Å². The number of nitrogens with zero attached hydrogens (tertiary/aromatic N) is 1. The summed E-state index contributed by atoms with van der Waals surface area (Å²) in [7, 11) is 1.52. The maximum Gasteiger partial charge on any atom is 0.258 e. The van der Waals surface area contributed by atoms with Crippen LogP contribution >= 0.6 is 0 Å². The Morgan fingerprint density at radius 1 is 1.17 bits per heavy atom. The standard InChI is InChI=1S/C18H18N2O3/c1-23-15-8-4-6-13(16(15)21)17-19-14-7-3-2-5-12(14)18(22)20(17)11-9-10-11/h2-8,11,17,19,21H,9-10H2,1H3/t17-/m0/s1. The minimum absolute atomic E-state index is 0.00840. The number of ether oxygens (including phenoxy) is 1. The van der Waals surface area contributed by atoms with Crippen molar-refractivity contribution in [2.24, 2.45) is 0 Å². The molecule has 118 valence electrons. The molecule has 0 unspecified atom stereocenters. The topological polar surface area (TPSA) is 61.8 Å². The Hall–Kier alpha value is -2.69. The number of methoxy groups -OCH3 is 1. The predicted molar refractivity (Wildman–Crippen MR) is 86.7 cm³/mol. The van der Waals surface area contributed by atoms with Crippen molar-refractivity contribution in [2.75, 3.05) is 12.4 Å². The van der Waals surface area contributed by atoms with Gasteiger partial charge in [0.15, 0.2) is 11.5 Å². The van der Waals surface area contributed by atoms with Crippen molar-refractivity contribution in [1.82, 2.24) is 4.90 Å². The first-order chi connectivity index (χ1) is 11.2. The van der Waals surface area contributed by atoms with E-state index < -0.39 is 0 Å². The van der Waals surface area contributed by atoms with Crippen LogP contribution in [0.3, 0.4) is 0 Å². The minimum atomic E-state index is -0.389. The number of carbonyl (C=O) groups excluding carboxylic acids is 1. The third-order valence-corrected chi connectivity index (χ3v) is 4.45. The smallest absolute Gasteiger partial charge is 0.258 e. The van der Waals surface area contributed by atoms with Crippen molar-refractivity contribution in [3.63, 3.8) is 0 Å². The zero-order chi connectivity index (χ0) is 16.0. The Morgan fingerprint density at radius 3 is 2.70 bits per heavy atom. The molecule has 1 saturated carbocycles. The third-order valence-electron chi connectivity index (χ3n) is 4.45. The lowest BCUT2D eigenvalue weighted by Gasteiger charge is -2.38. The first-order valence-electron chi connectivity index (χ1n) is 7.75. The Morgan fingerprint density at radius 2 is 1.96 bits per heavy atom. The molecule has 2 N–H and O–H groups in total. The molecule has 4 rings (SSSR count). The second-order valence-electron chi connectivity index (χ2n) is 5.93. The van der Waals surface area contributed by atoms with Crippen LogP contribution in [-0.4, -0.2) is 29.1 Å². The van der Waals surface area contributed by atoms with Crippen LogP contribution in [0.5, 0.6) is 11.5 Å². The molecule has 0 radical (unpaired) electrons. The number of carbonyl (C=O) groups is 1. The highest BCUT2D eigenvalue weighted by Crippen LogP contribution is 2.44. The molecule has 1 atom stereocenters. The number of rotatable bonds is 3. The highest BCUT2D eigenvalue weighted by molar-refractivity contribution is 6.02. The van der Waals surface area contributed by atoms with E-state index >= 15 is 0 Å². The zero-order valence-electron chi connectivity index (χ0n) is 12.8. The lowest BCUT2D eigenvalue weighted by atomic mass is 10.0. The number of para-hydroxylation sites is 2. The van der Waals surface area contributed by atoms with E-state index in [0.29, 0.717) is 16.9 Å². The summed E-state index contributed by atoms with van der Waals surface area (Å²) in [6, 6.07) is 13.1. The van der Waals surface area contributed by atoms with Crippen molar-refractivity contribution in [2.45, 2.75) is 25.0 Å². The first-order valence-corrected chi connectivity index (χ1v) is 7.75. The molecule has 2 aromatic rings. The van der Waals surface area contributed by atoms with Gasteiger partial charge in [-0.15, -0.1) is 0 Å². The van der Waals surface area contributed by atoms with E-state index in [-0.39, 0.29) is 23.9 Å². The third kappa shape index (κ3) is 2.20. The first kappa shape index (κ1) is 13.9. The molecular formula is C18H18N2O3. The number of aromatic hydroxyl groups is 1. The van der Waals surface area contributed by atoms with Crippen molar-refractivity contribution < 1.29 is 14.6 Å². The van der Waals surface area contributed by atoms with Crippen LogP contribution in [0.4, 0.5) is 5.69 Å². The molecule has 1 amide bonds. The van der Waals surface area contributed by atoms with Gasteiger partial charge < -0.3 is 20.1 Å². The summed E-state index contributed by atoms with van der Waals surface area (Å²) < 4.78 is 5.20. The van der Waals surface area contributed by atoms with Crippen molar-refractivity contribution in [1.29, 1.82) is 0 Å². The Labute approximate surface area is 134 Å². The van der Waals surface area contributed by atoms with Gasteiger partial charge in [0.2, 0.25) is 0 Å². The highest BCUT2D eigenvalue weighted by atomic mass is 16.5. The van der Waals surface area contributed by atoms with Gasteiger partial charge in [-0.25, -0.2) is 0 Å². The average molecular weight is 310 g/mol. The fourth-order valence-electron chi connectivity index (χ4n) is 3.15. The SMILES string of the molecule is COc1cccc([C@H]2Nc3ccccc3C(=O)N2C2CC2)c1O. The largest absolute Gasteiger partial charge is 0.504 e. The molecule has 2 aromatic carbocycles. The van der Waals surface area contributed by atoms with Crippen molar-refractivity contribution in [3.05, 3.63) is 53.6 Å². The number of amides is 1. The number of hydrogen-bond acceptors (Lipinski definition) is 4. The molecule has 1 aliphatic heterocycles. The number of anilines is 1. The monoisotopic (exact) mass is 310 g/mol. The predicted octanol–water partition coefficient (Wildman–Crippen LogP) is 3.13. The summed E-state index contributed by atoms with van der Waals surface area (Å²) >= 11 is 0. The van der Waals surface area contributed by atoms with Gasteiger partial charge in [0.1, 0.15) is 6.17 Å². The van der Waals surface area contributed by atoms with E-state index in [1.54, 1.807) is 6.07 Å². The van der Waals surface area contributed by atoms with Crippen LogP contribution in [-0.2, 0) is 0 Å². The number of phenolic OH excluding ortho intramolecular Hbond substituents is 1. The number of nitrogens with one attached hydrogen (secondary N) is 1. The summed E-state index contributed by atoms with van der Waals surface area (Å²) in [5.74, 6) is 0.491. The molecule has 2 aliphatic rings. The molecule has 0 bridgehead atoms. The lowest BCUT2D eigenvalue weighted by Crippen LogP contribution is -2.44. The summed E-state index contributed by atoms with van der Waals surface area (Å²) in [4.78, 5) is 14.8. The molecule has 23 heavy (non-hydrogen) atoms. The Balaban J connectivity index is 1.82. The van der Waals surface area contributed by atoms with Crippen LogP contribution in [0.1, 0.15) is 34.9 Å². The second kappa shape index (κ2) is 5.19. The van der Waals surface area contributed by atoms with Crippen LogP contribution in [0.2, 0.25) is 0 Å². The molecule has 0 spiro atoms. The Kier molecular flexibility index (Phi) is 3.15. The van der Waals surface area contributed by atoms with E-state index in [1.807, 2.05) is 41.3 Å². The molecular weight excluding hydrogens is 292 g/mol. The number of fused-ring (bicyclic) bond motifs is 1. The summed E-state index contributed by atoms with van der Waals surface area (Å²) in [5, 5.41) is 13.9. The maximum absolute atomic E-state index is 12.9. The van der Waals surface area contributed by atoms with Crippen LogP contribution < -0.4 is 10.1 Å². The zero-order valence-corrected chi connectivity index (χ0v) is 12.8. The number of phenols is 1. The molecule has 5 heteroatoms. The van der Waals surface area contributed by atoms with Gasteiger partial charge >= 0.3 is 0 Å². The molecule has 1 heterocycles. The van der Waals surface area contributed by atoms with E-state index in [9.17, 15) is 9.90 Å². The maximum atomic E-state index is 12.9. The summed E-state index contributed by atoms with van der Waals surface area (Å²) in [6.07, 6.45) is 1.60. The van der Waals surface area contributed by atoms with Gasteiger partial charge in [0.05, 0.1) is 12.7 Å². The van der Waals surface area contributed by atoms with E-state index in [0.717, 1.165) is 18.5 Å². The second-order valence-corrected chi connectivity index (χ2v) is 5.93. The molecule has 5 nitrogen and oxygen atoms in total. The van der Waals surface area contributed by atoms with Crippen molar-refractivity contribution >= 4 is 11.6 Å². The van der Waals surface area contributed by atoms with Gasteiger partial charge in [0, 0.05) is 17.3 Å². The van der Waals surface area contributed by atoms with E-state index in [2.05, 4.69) is 5.32 Å². The van der Waals surface area contributed by atoms with Crippen molar-refractivity contribution in [3.8, 4) is 11.5 Å². The van der Waals surface area contributed by atoms with Gasteiger partial charge in [-0.2, -0.15) is 0 Å². The van der Waals surface area contributed by atoms with Crippen LogP contribution in [0, 0.1) is 0 Å². The lowest BCUT2D eigenvalue weighted by molar-refractivity contribution is 0.0664. The molecule has 0 saturated heterocycles. The molecule has 1 aliphatic carbocycles.